The van der Waals surface area contributed by atoms with Gasteiger partial charge in [0.25, 0.3) is 0 Å². The third-order valence-electron chi connectivity index (χ3n) is 2.39. The molecule has 0 heterocycles. The third kappa shape index (κ3) is 7.73. The van der Waals surface area contributed by atoms with E-state index in [9.17, 15) is 0 Å². The lowest BCUT2D eigenvalue weighted by Gasteiger charge is -2.26. The summed E-state index contributed by atoms with van der Waals surface area (Å²) < 4.78 is 10.8. The minimum atomic E-state index is -0.344. The SMILES string of the molecule is CCCCOCCOCC(C)(CO)NC. The molecule has 0 aliphatic rings. The maximum absolute atomic E-state index is 9.08. The topological polar surface area (TPSA) is 50.7 Å². The minimum absolute atomic E-state index is 0.0696. The molecular formula is C11H25NO3. The van der Waals surface area contributed by atoms with E-state index in [2.05, 4.69) is 12.2 Å². The first-order valence-electron chi connectivity index (χ1n) is 5.64. The fourth-order valence-corrected chi connectivity index (χ4v) is 0.961. The monoisotopic (exact) mass is 219 g/mol. The Bertz CT molecular complexity index is 138. The van der Waals surface area contributed by atoms with Gasteiger partial charge in [0.15, 0.2) is 0 Å². The molecule has 1 atom stereocenters. The highest BCUT2D eigenvalue weighted by Crippen LogP contribution is 2.01. The molecule has 0 aromatic rings. The smallest absolute Gasteiger partial charge is 0.0701 e. The number of aliphatic hydroxyl groups excluding tert-OH is 1. The van der Waals surface area contributed by atoms with E-state index < -0.39 is 0 Å². The Labute approximate surface area is 93.0 Å². The Morgan fingerprint density at radius 3 is 2.40 bits per heavy atom. The zero-order valence-electron chi connectivity index (χ0n) is 10.2. The van der Waals surface area contributed by atoms with Gasteiger partial charge in [0.2, 0.25) is 0 Å². The van der Waals surface area contributed by atoms with Gasteiger partial charge in [0, 0.05) is 6.61 Å². The molecule has 0 fully saturated rings. The van der Waals surface area contributed by atoms with Crippen LogP contribution in [0.2, 0.25) is 0 Å². The molecule has 0 rings (SSSR count). The van der Waals surface area contributed by atoms with E-state index in [1.807, 2.05) is 14.0 Å². The zero-order chi connectivity index (χ0) is 11.6. The second kappa shape index (κ2) is 9.09. The summed E-state index contributed by atoms with van der Waals surface area (Å²) >= 11 is 0. The van der Waals surface area contributed by atoms with Crippen molar-refractivity contribution in [2.75, 3.05) is 40.1 Å². The molecule has 0 aliphatic heterocycles. The van der Waals surface area contributed by atoms with Crippen LogP contribution in [-0.2, 0) is 9.47 Å². The van der Waals surface area contributed by atoms with E-state index in [-0.39, 0.29) is 12.1 Å². The van der Waals surface area contributed by atoms with Crippen molar-refractivity contribution in [1.82, 2.24) is 5.32 Å². The first-order valence-corrected chi connectivity index (χ1v) is 5.64. The first kappa shape index (κ1) is 14.8. The summed E-state index contributed by atoms with van der Waals surface area (Å²) in [6.07, 6.45) is 2.26. The van der Waals surface area contributed by atoms with E-state index >= 15 is 0 Å². The number of aliphatic hydroxyl groups is 1. The van der Waals surface area contributed by atoms with Crippen LogP contribution in [-0.4, -0.2) is 50.7 Å². The average Bonchev–Trinajstić information content (AvgIpc) is 2.27. The summed E-state index contributed by atoms with van der Waals surface area (Å²) in [6, 6.07) is 0. The number of ether oxygens (including phenoxy) is 2. The number of unbranched alkanes of at least 4 members (excludes halogenated alkanes) is 1. The van der Waals surface area contributed by atoms with Gasteiger partial charge in [-0.1, -0.05) is 13.3 Å². The normalized spacial score (nSPS) is 15.2. The van der Waals surface area contributed by atoms with Crippen LogP contribution in [0.1, 0.15) is 26.7 Å². The number of nitrogens with one attached hydrogen (secondary N) is 1. The Hall–Kier alpha value is -0.160. The molecular weight excluding hydrogens is 194 g/mol. The lowest BCUT2D eigenvalue weighted by Crippen LogP contribution is -2.47. The number of hydrogen-bond acceptors (Lipinski definition) is 4. The second-order valence-electron chi connectivity index (χ2n) is 3.99. The molecule has 0 bridgehead atoms. The summed E-state index contributed by atoms with van der Waals surface area (Å²) in [5.41, 5.74) is -0.344. The molecule has 2 N–H and O–H groups in total. The van der Waals surface area contributed by atoms with Crippen LogP contribution >= 0.6 is 0 Å². The fraction of sp³-hybridized carbons (Fsp3) is 1.00. The first-order chi connectivity index (χ1) is 7.18. The van der Waals surface area contributed by atoms with Gasteiger partial charge in [0.1, 0.15) is 0 Å². The summed E-state index contributed by atoms with van der Waals surface area (Å²) in [4.78, 5) is 0. The van der Waals surface area contributed by atoms with Crippen molar-refractivity contribution in [2.45, 2.75) is 32.2 Å². The molecule has 0 saturated heterocycles. The van der Waals surface area contributed by atoms with Crippen molar-refractivity contribution in [2.24, 2.45) is 0 Å². The van der Waals surface area contributed by atoms with Gasteiger partial charge in [0.05, 0.1) is 32.0 Å². The van der Waals surface area contributed by atoms with Crippen LogP contribution in [0.5, 0.6) is 0 Å². The summed E-state index contributed by atoms with van der Waals surface area (Å²) in [5.74, 6) is 0. The molecule has 4 heteroatoms. The highest BCUT2D eigenvalue weighted by molar-refractivity contribution is 4.79. The van der Waals surface area contributed by atoms with E-state index in [1.54, 1.807) is 0 Å². The molecule has 0 saturated carbocycles. The molecule has 0 spiro atoms. The van der Waals surface area contributed by atoms with Crippen LogP contribution in [0.25, 0.3) is 0 Å². The predicted molar refractivity (Wildman–Crippen MR) is 61.1 cm³/mol. The highest BCUT2D eigenvalue weighted by atomic mass is 16.5. The molecule has 0 aromatic heterocycles. The quantitative estimate of drug-likeness (QED) is 0.533. The molecule has 0 radical (unpaired) electrons. The van der Waals surface area contributed by atoms with Crippen LogP contribution in [0.3, 0.4) is 0 Å². The lowest BCUT2D eigenvalue weighted by atomic mass is 10.1. The van der Waals surface area contributed by atoms with E-state index in [4.69, 9.17) is 14.6 Å². The van der Waals surface area contributed by atoms with Gasteiger partial charge in [-0.2, -0.15) is 0 Å². The highest BCUT2D eigenvalue weighted by Gasteiger charge is 2.20. The van der Waals surface area contributed by atoms with Crippen molar-refractivity contribution < 1.29 is 14.6 Å². The van der Waals surface area contributed by atoms with Crippen LogP contribution < -0.4 is 5.32 Å². The molecule has 1 unspecified atom stereocenters. The van der Waals surface area contributed by atoms with Crippen LogP contribution in [0, 0.1) is 0 Å². The number of likely N-dealkylation sites (N-methyl/N-ethyl adjacent to an activating group) is 1. The maximum Gasteiger partial charge on any atom is 0.0701 e. The Balaban J connectivity index is 3.29. The third-order valence-corrected chi connectivity index (χ3v) is 2.39. The van der Waals surface area contributed by atoms with E-state index in [1.165, 1.54) is 0 Å². The van der Waals surface area contributed by atoms with Gasteiger partial charge < -0.3 is 19.9 Å². The molecule has 0 amide bonds. The second-order valence-corrected chi connectivity index (χ2v) is 3.99. The molecule has 0 aliphatic carbocycles. The van der Waals surface area contributed by atoms with Gasteiger partial charge >= 0.3 is 0 Å². The summed E-state index contributed by atoms with van der Waals surface area (Å²) in [7, 11) is 1.82. The molecule has 0 aromatic carbocycles. The molecule has 92 valence electrons. The summed E-state index contributed by atoms with van der Waals surface area (Å²) in [6.45, 7) is 6.65. The van der Waals surface area contributed by atoms with E-state index in [0.717, 1.165) is 19.4 Å². The average molecular weight is 219 g/mol. The maximum atomic E-state index is 9.08. The van der Waals surface area contributed by atoms with Crippen molar-refractivity contribution >= 4 is 0 Å². The Kier molecular flexibility index (Phi) is 9.00. The number of hydrogen-bond donors (Lipinski definition) is 2. The van der Waals surface area contributed by atoms with E-state index in [0.29, 0.717) is 19.8 Å². The van der Waals surface area contributed by atoms with Crippen molar-refractivity contribution in [1.29, 1.82) is 0 Å². The zero-order valence-corrected chi connectivity index (χ0v) is 10.2. The molecule has 15 heavy (non-hydrogen) atoms. The summed E-state index contributed by atoms with van der Waals surface area (Å²) in [5, 5.41) is 12.1. The van der Waals surface area contributed by atoms with Crippen molar-refractivity contribution in [3.63, 3.8) is 0 Å². The minimum Gasteiger partial charge on any atom is -0.394 e. The largest absolute Gasteiger partial charge is 0.394 e. The van der Waals surface area contributed by atoms with Gasteiger partial charge in [-0.3, -0.25) is 0 Å². The fourth-order valence-electron chi connectivity index (χ4n) is 0.961. The Morgan fingerprint density at radius 1 is 1.20 bits per heavy atom. The lowest BCUT2D eigenvalue weighted by molar-refractivity contribution is 0.0101. The number of rotatable bonds is 10. The molecule has 4 nitrogen and oxygen atoms in total. The van der Waals surface area contributed by atoms with Gasteiger partial charge in [-0.25, -0.2) is 0 Å². The van der Waals surface area contributed by atoms with Crippen LogP contribution in [0.15, 0.2) is 0 Å². The standard InChI is InChI=1S/C11H25NO3/c1-4-5-6-14-7-8-15-10-11(2,9-13)12-3/h12-13H,4-10H2,1-3H3. The Morgan fingerprint density at radius 2 is 1.87 bits per heavy atom. The van der Waals surface area contributed by atoms with Gasteiger partial charge in [-0.15, -0.1) is 0 Å². The van der Waals surface area contributed by atoms with Crippen molar-refractivity contribution in [3.8, 4) is 0 Å². The van der Waals surface area contributed by atoms with Crippen LogP contribution in [0.4, 0.5) is 0 Å². The van der Waals surface area contributed by atoms with Crippen molar-refractivity contribution in [3.05, 3.63) is 0 Å². The predicted octanol–water partition coefficient (Wildman–Crippen LogP) is 0.790. The van der Waals surface area contributed by atoms with Gasteiger partial charge in [-0.05, 0) is 20.4 Å².